The van der Waals surface area contributed by atoms with Gasteiger partial charge in [0.05, 0.1) is 24.6 Å². The zero-order valence-electron chi connectivity index (χ0n) is 16.5. The van der Waals surface area contributed by atoms with Crippen molar-refractivity contribution in [1.29, 1.82) is 5.26 Å². The number of carbonyl (C=O) groups excluding carboxylic acids is 1. The Labute approximate surface area is 174 Å². The van der Waals surface area contributed by atoms with Gasteiger partial charge in [-0.05, 0) is 42.6 Å². The Kier molecular flexibility index (Phi) is 5.48. The van der Waals surface area contributed by atoms with E-state index in [1.807, 2.05) is 13.0 Å². The molecule has 1 aromatic carbocycles. The third-order valence-corrected chi connectivity index (χ3v) is 5.39. The average Bonchev–Trinajstić information content (AvgIpc) is 3.17. The van der Waals surface area contributed by atoms with Gasteiger partial charge in [-0.2, -0.15) is 10.4 Å². The van der Waals surface area contributed by atoms with E-state index in [1.165, 1.54) is 0 Å². The minimum absolute atomic E-state index is 0.230. The summed E-state index contributed by atoms with van der Waals surface area (Å²) >= 11 is 0. The van der Waals surface area contributed by atoms with E-state index in [0.717, 1.165) is 17.6 Å². The van der Waals surface area contributed by atoms with Crippen LogP contribution in [-0.4, -0.2) is 41.0 Å². The van der Waals surface area contributed by atoms with Gasteiger partial charge in [-0.3, -0.25) is 9.48 Å². The predicted octanol–water partition coefficient (Wildman–Crippen LogP) is 2.03. The molecule has 0 spiro atoms. The van der Waals surface area contributed by atoms with Crippen molar-refractivity contribution in [3.63, 3.8) is 0 Å². The number of nitrogens with two attached hydrogens (primary N) is 1. The van der Waals surface area contributed by atoms with Gasteiger partial charge in [0.2, 0.25) is 0 Å². The molecular formula is C20H22BN5O4. The normalized spacial score (nSPS) is 20.6. The smallest absolute Gasteiger partial charge is 0.532 e. The lowest BCUT2D eigenvalue weighted by molar-refractivity contribution is 0.0342. The van der Waals surface area contributed by atoms with Crippen molar-refractivity contribution < 1.29 is 19.2 Å². The van der Waals surface area contributed by atoms with E-state index >= 15 is 0 Å². The second kappa shape index (κ2) is 8.22. The number of nitrogens with zero attached hydrogens (tertiary/aromatic N) is 3. The molecule has 0 radical (unpaired) electrons. The molecule has 10 heteroatoms. The summed E-state index contributed by atoms with van der Waals surface area (Å²) in [6, 6.07) is 7.41. The fourth-order valence-electron chi connectivity index (χ4n) is 3.80. The lowest BCUT2D eigenvalue weighted by Crippen LogP contribution is -2.29. The van der Waals surface area contributed by atoms with Gasteiger partial charge in [0.1, 0.15) is 11.3 Å². The molecule has 9 nitrogen and oxygen atoms in total. The number of nitrogens with one attached hydrogen (secondary N) is 1. The summed E-state index contributed by atoms with van der Waals surface area (Å²) < 4.78 is 12.5. The number of benzene rings is 1. The van der Waals surface area contributed by atoms with Gasteiger partial charge < -0.3 is 25.5 Å². The van der Waals surface area contributed by atoms with Crippen molar-refractivity contribution >= 4 is 30.1 Å². The van der Waals surface area contributed by atoms with E-state index in [9.17, 15) is 15.1 Å². The zero-order valence-corrected chi connectivity index (χ0v) is 16.5. The molecule has 0 unspecified atom stereocenters. The summed E-state index contributed by atoms with van der Waals surface area (Å²) in [5.41, 5.74) is 8.31. The molecule has 4 rings (SSSR count). The van der Waals surface area contributed by atoms with Crippen LogP contribution in [0.1, 0.15) is 41.7 Å². The summed E-state index contributed by atoms with van der Waals surface area (Å²) in [6.45, 7) is 2.88. The minimum Gasteiger partial charge on any atom is -0.532 e. The van der Waals surface area contributed by atoms with E-state index in [2.05, 4.69) is 16.5 Å². The fraction of sp³-hybridized carbons (Fsp3) is 0.350. The van der Waals surface area contributed by atoms with Crippen molar-refractivity contribution in [3.8, 4) is 11.8 Å². The van der Waals surface area contributed by atoms with Crippen LogP contribution < -0.4 is 15.7 Å². The monoisotopic (exact) mass is 407 g/mol. The van der Waals surface area contributed by atoms with Gasteiger partial charge in [0.15, 0.2) is 5.82 Å². The molecule has 1 amide bonds. The molecule has 0 bridgehead atoms. The van der Waals surface area contributed by atoms with Gasteiger partial charge >= 0.3 is 7.12 Å². The van der Waals surface area contributed by atoms with Crippen LogP contribution in [0.2, 0.25) is 0 Å². The largest absolute Gasteiger partial charge is 0.552 e. The quantitative estimate of drug-likeness (QED) is 0.646. The first-order valence-corrected chi connectivity index (χ1v) is 9.83. The van der Waals surface area contributed by atoms with Crippen molar-refractivity contribution in [2.75, 3.05) is 18.5 Å². The lowest BCUT2D eigenvalue weighted by atomic mass is 9.81. The van der Waals surface area contributed by atoms with Gasteiger partial charge in [-0.15, -0.1) is 0 Å². The van der Waals surface area contributed by atoms with E-state index in [4.69, 9.17) is 15.1 Å². The third-order valence-electron chi connectivity index (χ3n) is 5.39. The first-order chi connectivity index (χ1) is 14.5. The Morgan fingerprint density at radius 2 is 2.37 bits per heavy atom. The maximum atomic E-state index is 12.0. The van der Waals surface area contributed by atoms with Crippen molar-refractivity contribution in [1.82, 2.24) is 9.78 Å². The van der Waals surface area contributed by atoms with Crippen molar-refractivity contribution in [3.05, 3.63) is 41.5 Å². The summed E-state index contributed by atoms with van der Waals surface area (Å²) in [7, 11) is -0.964. The number of fused-ring (bicyclic) bond motifs is 1. The topological polar surface area (TPSA) is 135 Å². The van der Waals surface area contributed by atoms with Crippen LogP contribution in [0.3, 0.4) is 0 Å². The Morgan fingerprint density at radius 3 is 3.10 bits per heavy atom. The molecule has 2 aliphatic rings. The molecule has 1 aromatic heterocycles. The van der Waals surface area contributed by atoms with E-state index in [1.54, 1.807) is 29.0 Å². The molecule has 2 aliphatic heterocycles. The van der Waals surface area contributed by atoms with Crippen molar-refractivity contribution in [2.24, 2.45) is 11.7 Å². The van der Waals surface area contributed by atoms with E-state index in [0.29, 0.717) is 36.9 Å². The molecule has 4 N–H and O–H groups in total. The molecule has 3 heterocycles. The number of amides is 1. The van der Waals surface area contributed by atoms with Gasteiger partial charge in [0, 0.05) is 24.1 Å². The molecule has 30 heavy (non-hydrogen) atoms. The first-order valence-electron chi connectivity index (χ1n) is 9.83. The standard InChI is InChI=1S/C20H22BN5O4/c1-2-12-8-21(28)30-18-4-3-14(7-15(12)18)24-20-16(19(23)27)10-26(25-20)17-11-29-6-5-13(17)9-22/h3-4,7-8,10,13,17,28H,2,5-6,11H2,1H3,(H2,23,27)(H,24,25)/t13-,17+/m0/s1. The number of hydrogen-bond donors (Lipinski definition) is 3. The molecule has 2 atom stereocenters. The van der Waals surface area contributed by atoms with Gasteiger partial charge in [-0.1, -0.05) is 6.92 Å². The average molecular weight is 407 g/mol. The Balaban J connectivity index is 1.66. The fourth-order valence-corrected chi connectivity index (χ4v) is 3.80. The second-order valence-corrected chi connectivity index (χ2v) is 7.29. The number of hydrogen-bond acceptors (Lipinski definition) is 7. The van der Waals surface area contributed by atoms with Crippen LogP contribution in [0.15, 0.2) is 30.4 Å². The highest BCUT2D eigenvalue weighted by Crippen LogP contribution is 2.35. The number of aromatic nitrogens is 2. The van der Waals surface area contributed by atoms with Crippen LogP contribution in [0, 0.1) is 17.2 Å². The van der Waals surface area contributed by atoms with Crippen LogP contribution >= 0.6 is 0 Å². The molecule has 0 aliphatic carbocycles. The Bertz CT molecular complexity index is 1040. The van der Waals surface area contributed by atoms with Crippen LogP contribution in [0.4, 0.5) is 11.5 Å². The highest BCUT2D eigenvalue weighted by Gasteiger charge is 2.30. The predicted molar refractivity (Wildman–Crippen MR) is 111 cm³/mol. The molecule has 0 saturated carbocycles. The van der Waals surface area contributed by atoms with Gasteiger partial charge in [0.25, 0.3) is 5.91 Å². The highest BCUT2D eigenvalue weighted by atomic mass is 16.5. The first kappa shape index (κ1) is 20.0. The second-order valence-electron chi connectivity index (χ2n) is 7.29. The Morgan fingerprint density at radius 1 is 1.53 bits per heavy atom. The van der Waals surface area contributed by atoms with Gasteiger partial charge in [-0.25, -0.2) is 0 Å². The number of carbonyl (C=O) groups is 1. The lowest BCUT2D eigenvalue weighted by Gasteiger charge is -2.27. The van der Waals surface area contributed by atoms with Crippen LogP contribution in [0.5, 0.6) is 5.75 Å². The van der Waals surface area contributed by atoms with Crippen LogP contribution in [0.25, 0.3) is 5.57 Å². The maximum Gasteiger partial charge on any atom is 0.552 e. The minimum atomic E-state index is -0.964. The number of nitriles is 1. The summed E-state index contributed by atoms with van der Waals surface area (Å²) in [5.74, 6) is 1.69. The summed E-state index contributed by atoms with van der Waals surface area (Å²) in [6.07, 6.45) is 2.90. The molecule has 154 valence electrons. The Hall–Kier alpha value is -3.29. The number of ether oxygens (including phenoxy) is 1. The molecule has 1 saturated heterocycles. The maximum absolute atomic E-state index is 12.0. The number of rotatable bonds is 5. The molecule has 2 aromatic rings. The van der Waals surface area contributed by atoms with E-state index < -0.39 is 13.0 Å². The summed E-state index contributed by atoms with van der Waals surface area (Å²) in [4.78, 5) is 12.0. The highest BCUT2D eigenvalue weighted by molar-refractivity contribution is 6.52. The number of anilines is 2. The number of allylic oxidation sites excluding steroid dienone is 1. The molecular weight excluding hydrogens is 385 g/mol. The van der Waals surface area contributed by atoms with E-state index in [-0.39, 0.29) is 17.5 Å². The molecule has 1 fully saturated rings. The van der Waals surface area contributed by atoms with Crippen LogP contribution in [-0.2, 0) is 4.74 Å². The zero-order chi connectivity index (χ0) is 21.3. The number of primary amides is 1. The summed E-state index contributed by atoms with van der Waals surface area (Å²) in [5, 5.41) is 26.9. The SMILES string of the molecule is CCC1=CB(O)Oc2ccc(Nc3nn([C@@H]4COCC[C@H]4C#N)cc3C(N)=O)cc21. The van der Waals surface area contributed by atoms with Crippen molar-refractivity contribution in [2.45, 2.75) is 25.8 Å². The third kappa shape index (κ3) is 3.77.